The third-order valence-corrected chi connectivity index (χ3v) is 3.56. The number of carbonyl (C=O) groups is 1. The normalized spacial score (nSPS) is 10.8. The van der Waals surface area contributed by atoms with Crippen molar-refractivity contribution in [2.75, 3.05) is 13.6 Å². The molecule has 104 valence electrons. The average molecular weight is 308 g/mol. The fraction of sp³-hybridized carbons (Fsp3) is 0.188. The lowest BCUT2D eigenvalue weighted by Crippen LogP contribution is -2.25. The number of halogens is 2. The molecule has 0 fully saturated rings. The molecule has 0 N–H and O–H groups in total. The highest BCUT2D eigenvalue weighted by molar-refractivity contribution is 6.31. The van der Waals surface area contributed by atoms with Crippen LogP contribution in [0.5, 0.6) is 0 Å². The Balaban J connectivity index is 2.00. The standard InChI is InChI=1S/C16H15Cl2NO/c1-19(10-13-5-2-3-8-15(13)18)11-16(20)12-6-4-7-14(17)9-12/h2-9H,10-11H2,1H3. The first-order valence-corrected chi connectivity index (χ1v) is 7.02. The van der Waals surface area contributed by atoms with E-state index in [1.807, 2.05) is 36.2 Å². The van der Waals surface area contributed by atoms with E-state index in [0.29, 0.717) is 23.7 Å². The van der Waals surface area contributed by atoms with E-state index in [-0.39, 0.29) is 5.78 Å². The summed E-state index contributed by atoms with van der Waals surface area (Å²) >= 11 is 12.0. The van der Waals surface area contributed by atoms with Crippen LogP contribution in [0.2, 0.25) is 10.0 Å². The van der Waals surface area contributed by atoms with E-state index in [1.54, 1.807) is 24.3 Å². The molecule has 0 heterocycles. The molecule has 0 aliphatic heterocycles. The molecule has 0 radical (unpaired) electrons. The molecule has 0 aliphatic carbocycles. The topological polar surface area (TPSA) is 20.3 Å². The minimum Gasteiger partial charge on any atom is -0.295 e. The van der Waals surface area contributed by atoms with Gasteiger partial charge in [-0.3, -0.25) is 9.69 Å². The van der Waals surface area contributed by atoms with E-state index in [4.69, 9.17) is 23.2 Å². The highest BCUT2D eigenvalue weighted by atomic mass is 35.5. The summed E-state index contributed by atoms with van der Waals surface area (Å²) in [4.78, 5) is 14.1. The number of rotatable bonds is 5. The van der Waals surface area contributed by atoms with Crippen LogP contribution in [0.4, 0.5) is 0 Å². The van der Waals surface area contributed by atoms with Gasteiger partial charge in [0.15, 0.2) is 5.78 Å². The van der Waals surface area contributed by atoms with Gasteiger partial charge < -0.3 is 0 Å². The van der Waals surface area contributed by atoms with Gasteiger partial charge >= 0.3 is 0 Å². The van der Waals surface area contributed by atoms with Crippen molar-refractivity contribution >= 4 is 29.0 Å². The van der Waals surface area contributed by atoms with Gasteiger partial charge in [0.05, 0.1) is 6.54 Å². The predicted molar refractivity (Wildman–Crippen MR) is 83.6 cm³/mol. The molecule has 0 spiro atoms. The Kier molecular flexibility index (Phi) is 5.18. The van der Waals surface area contributed by atoms with Gasteiger partial charge in [-0.25, -0.2) is 0 Å². The van der Waals surface area contributed by atoms with Crippen LogP contribution >= 0.6 is 23.2 Å². The van der Waals surface area contributed by atoms with E-state index in [9.17, 15) is 4.79 Å². The van der Waals surface area contributed by atoms with Gasteiger partial charge in [0, 0.05) is 22.2 Å². The number of nitrogens with zero attached hydrogens (tertiary/aromatic N) is 1. The Labute approximate surface area is 128 Å². The Morgan fingerprint density at radius 3 is 2.55 bits per heavy atom. The zero-order valence-electron chi connectivity index (χ0n) is 11.1. The van der Waals surface area contributed by atoms with Crippen LogP contribution in [0.1, 0.15) is 15.9 Å². The van der Waals surface area contributed by atoms with E-state index in [2.05, 4.69) is 0 Å². The van der Waals surface area contributed by atoms with Gasteiger partial charge in [0.1, 0.15) is 0 Å². The monoisotopic (exact) mass is 307 g/mol. The molecule has 2 nitrogen and oxygen atoms in total. The second kappa shape index (κ2) is 6.89. The fourth-order valence-corrected chi connectivity index (χ4v) is 2.36. The quantitative estimate of drug-likeness (QED) is 0.767. The largest absolute Gasteiger partial charge is 0.295 e. The van der Waals surface area contributed by atoms with Crippen molar-refractivity contribution in [2.45, 2.75) is 6.54 Å². The smallest absolute Gasteiger partial charge is 0.176 e. The second-order valence-electron chi connectivity index (χ2n) is 4.70. The van der Waals surface area contributed by atoms with Crippen LogP contribution in [0.25, 0.3) is 0 Å². The number of hydrogen-bond acceptors (Lipinski definition) is 2. The van der Waals surface area contributed by atoms with Crippen LogP contribution in [-0.4, -0.2) is 24.3 Å². The summed E-state index contributed by atoms with van der Waals surface area (Å²) in [6.45, 7) is 0.956. The van der Waals surface area contributed by atoms with Gasteiger partial charge in [0.2, 0.25) is 0 Å². The van der Waals surface area contributed by atoms with E-state index < -0.39 is 0 Å². The second-order valence-corrected chi connectivity index (χ2v) is 5.54. The lowest BCUT2D eigenvalue weighted by atomic mass is 10.1. The summed E-state index contributed by atoms with van der Waals surface area (Å²) in [7, 11) is 1.89. The first-order valence-electron chi connectivity index (χ1n) is 6.27. The molecular weight excluding hydrogens is 293 g/mol. The summed E-state index contributed by atoms with van der Waals surface area (Å²) < 4.78 is 0. The molecule has 0 aliphatic rings. The predicted octanol–water partition coefficient (Wildman–Crippen LogP) is 4.31. The third-order valence-electron chi connectivity index (χ3n) is 2.96. The van der Waals surface area contributed by atoms with Crippen molar-refractivity contribution in [3.05, 3.63) is 69.7 Å². The molecule has 0 amide bonds. The van der Waals surface area contributed by atoms with Crippen molar-refractivity contribution in [3.63, 3.8) is 0 Å². The van der Waals surface area contributed by atoms with Gasteiger partial charge in [-0.15, -0.1) is 0 Å². The maximum absolute atomic E-state index is 12.1. The van der Waals surface area contributed by atoms with Crippen LogP contribution in [0, 0.1) is 0 Å². The average Bonchev–Trinajstić information content (AvgIpc) is 2.41. The first-order chi connectivity index (χ1) is 9.56. The SMILES string of the molecule is CN(CC(=O)c1cccc(Cl)c1)Cc1ccccc1Cl. The number of likely N-dealkylation sites (N-methyl/N-ethyl adjacent to an activating group) is 1. The lowest BCUT2D eigenvalue weighted by Gasteiger charge is -2.16. The lowest BCUT2D eigenvalue weighted by molar-refractivity contribution is 0.0943. The summed E-state index contributed by atoms with van der Waals surface area (Å²) in [5.74, 6) is 0.0436. The number of hydrogen-bond donors (Lipinski definition) is 0. The zero-order chi connectivity index (χ0) is 14.5. The Morgan fingerprint density at radius 2 is 1.85 bits per heavy atom. The minimum absolute atomic E-state index is 0.0436. The Bertz CT molecular complexity index is 613. The Morgan fingerprint density at radius 1 is 1.10 bits per heavy atom. The molecule has 0 unspecified atom stereocenters. The highest BCUT2D eigenvalue weighted by Gasteiger charge is 2.11. The van der Waals surface area contributed by atoms with Crippen LogP contribution in [-0.2, 0) is 6.54 Å². The minimum atomic E-state index is 0.0436. The number of carbonyl (C=O) groups excluding carboxylic acids is 1. The van der Waals surface area contributed by atoms with E-state index in [1.165, 1.54) is 0 Å². The molecule has 20 heavy (non-hydrogen) atoms. The molecule has 2 rings (SSSR count). The maximum Gasteiger partial charge on any atom is 0.176 e. The van der Waals surface area contributed by atoms with Crippen LogP contribution < -0.4 is 0 Å². The third kappa shape index (κ3) is 4.07. The van der Waals surface area contributed by atoms with Gasteiger partial charge in [-0.2, -0.15) is 0 Å². The zero-order valence-corrected chi connectivity index (χ0v) is 12.7. The van der Waals surface area contributed by atoms with Crippen molar-refractivity contribution in [1.29, 1.82) is 0 Å². The molecule has 0 saturated heterocycles. The number of benzene rings is 2. The first kappa shape index (κ1) is 15.0. The Hall–Kier alpha value is -1.35. The van der Waals surface area contributed by atoms with Crippen molar-refractivity contribution in [2.24, 2.45) is 0 Å². The molecule has 4 heteroatoms. The summed E-state index contributed by atoms with van der Waals surface area (Å²) in [5.41, 5.74) is 1.64. The summed E-state index contributed by atoms with van der Waals surface area (Å²) in [6, 6.07) is 14.6. The summed E-state index contributed by atoms with van der Waals surface area (Å²) in [5, 5.41) is 1.29. The molecule has 0 bridgehead atoms. The summed E-state index contributed by atoms with van der Waals surface area (Å²) in [6.07, 6.45) is 0. The van der Waals surface area contributed by atoms with Gasteiger partial charge in [-0.05, 0) is 30.8 Å². The van der Waals surface area contributed by atoms with Crippen molar-refractivity contribution < 1.29 is 4.79 Å². The molecule has 0 saturated carbocycles. The number of Topliss-reactive ketones (excluding diaryl/α,β-unsaturated/α-hetero) is 1. The molecular formula is C16H15Cl2NO. The van der Waals surface area contributed by atoms with E-state index >= 15 is 0 Å². The van der Waals surface area contributed by atoms with Crippen molar-refractivity contribution in [1.82, 2.24) is 4.90 Å². The van der Waals surface area contributed by atoms with Gasteiger partial charge in [0.25, 0.3) is 0 Å². The fourth-order valence-electron chi connectivity index (χ4n) is 1.97. The molecule has 2 aromatic carbocycles. The molecule has 0 aromatic heterocycles. The van der Waals surface area contributed by atoms with Crippen molar-refractivity contribution in [3.8, 4) is 0 Å². The van der Waals surface area contributed by atoms with Crippen LogP contribution in [0.3, 0.4) is 0 Å². The van der Waals surface area contributed by atoms with E-state index in [0.717, 1.165) is 10.6 Å². The van der Waals surface area contributed by atoms with Crippen LogP contribution in [0.15, 0.2) is 48.5 Å². The molecule has 0 atom stereocenters. The highest BCUT2D eigenvalue weighted by Crippen LogP contribution is 2.17. The maximum atomic E-state index is 12.1. The molecule has 2 aromatic rings. The number of ketones is 1. The van der Waals surface area contributed by atoms with Gasteiger partial charge in [-0.1, -0.05) is 53.5 Å².